The van der Waals surface area contributed by atoms with Gasteiger partial charge >= 0.3 is 0 Å². The molecular weight excluding hydrogens is 343 g/mol. The van der Waals surface area contributed by atoms with Gasteiger partial charge in [-0.2, -0.15) is 5.10 Å². The van der Waals surface area contributed by atoms with Crippen LogP contribution in [0.2, 0.25) is 0 Å². The fourth-order valence-electron chi connectivity index (χ4n) is 3.00. The lowest BCUT2D eigenvalue weighted by Gasteiger charge is -2.23. The van der Waals surface area contributed by atoms with Crippen LogP contribution in [0.25, 0.3) is 0 Å². The van der Waals surface area contributed by atoms with Gasteiger partial charge in [-0.05, 0) is 37.4 Å². The molecule has 0 saturated carbocycles. The Morgan fingerprint density at radius 3 is 2.63 bits per heavy atom. The first-order valence-electron chi connectivity index (χ1n) is 8.78. The molecule has 0 unspecified atom stereocenters. The van der Waals surface area contributed by atoms with Gasteiger partial charge in [0.2, 0.25) is 5.91 Å². The fraction of sp³-hybridized carbons (Fsp3) is 0.238. The molecule has 1 heterocycles. The molecule has 0 fully saturated rings. The van der Waals surface area contributed by atoms with E-state index in [1.54, 1.807) is 37.3 Å². The summed E-state index contributed by atoms with van der Waals surface area (Å²) in [5, 5.41) is 7.26. The molecule has 0 aliphatic rings. The maximum atomic E-state index is 13.5. The Bertz CT molecular complexity index is 892. The fourth-order valence-corrected chi connectivity index (χ4v) is 3.00. The SMILES string of the molecule is CN(C)[C@H](C(=O)NCc1cnn(Cc2ccccc2)c1)c1cccc(F)c1. The molecule has 27 heavy (non-hydrogen) atoms. The molecule has 0 saturated heterocycles. The number of amides is 1. The van der Waals surface area contributed by atoms with Crippen LogP contribution in [0.1, 0.15) is 22.7 Å². The Morgan fingerprint density at radius 2 is 1.93 bits per heavy atom. The maximum Gasteiger partial charge on any atom is 0.242 e. The second-order valence-corrected chi connectivity index (χ2v) is 6.67. The van der Waals surface area contributed by atoms with Gasteiger partial charge in [0.15, 0.2) is 0 Å². The number of aromatic nitrogens is 2. The van der Waals surface area contributed by atoms with Gasteiger partial charge in [0.25, 0.3) is 0 Å². The molecule has 0 bridgehead atoms. The van der Waals surface area contributed by atoms with Gasteiger partial charge in [-0.3, -0.25) is 14.4 Å². The summed E-state index contributed by atoms with van der Waals surface area (Å²) in [6.07, 6.45) is 3.66. The van der Waals surface area contributed by atoms with Crippen LogP contribution in [0.15, 0.2) is 67.0 Å². The van der Waals surface area contributed by atoms with Crippen molar-refractivity contribution in [3.05, 3.63) is 89.5 Å². The van der Waals surface area contributed by atoms with E-state index in [9.17, 15) is 9.18 Å². The van der Waals surface area contributed by atoms with Crippen molar-refractivity contribution in [2.45, 2.75) is 19.1 Å². The van der Waals surface area contributed by atoms with E-state index in [1.165, 1.54) is 12.1 Å². The van der Waals surface area contributed by atoms with Crippen molar-refractivity contribution in [2.75, 3.05) is 14.1 Å². The van der Waals surface area contributed by atoms with E-state index < -0.39 is 6.04 Å². The van der Waals surface area contributed by atoms with E-state index in [4.69, 9.17) is 0 Å². The lowest BCUT2D eigenvalue weighted by molar-refractivity contribution is -0.125. The van der Waals surface area contributed by atoms with Crippen molar-refractivity contribution < 1.29 is 9.18 Å². The minimum atomic E-state index is -0.555. The van der Waals surface area contributed by atoms with Gasteiger partial charge in [-0.15, -0.1) is 0 Å². The highest BCUT2D eigenvalue weighted by atomic mass is 19.1. The number of nitrogens with one attached hydrogen (secondary N) is 1. The van der Waals surface area contributed by atoms with Crippen LogP contribution in [-0.4, -0.2) is 34.7 Å². The Labute approximate surface area is 158 Å². The number of hydrogen-bond donors (Lipinski definition) is 1. The highest BCUT2D eigenvalue weighted by molar-refractivity contribution is 5.83. The molecule has 1 atom stereocenters. The van der Waals surface area contributed by atoms with Crippen molar-refractivity contribution in [2.24, 2.45) is 0 Å². The molecule has 1 N–H and O–H groups in total. The average Bonchev–Trinajstić information content (AvgIpc) is 3.08. The standard InChI is InChI=1S/C21H23FN4O/c1-25(2)20(18-9-6-10-19(22)11-18)21(27)23-12-17-13-24-26(15-17)14-16-7-4-3-5-8-16/h3-11,13,15,20H,12,14H2,1-2H3,(H,23,27)/t20-/m0/s1. The number of benzene rings is 2. The first-order valence-corrected chi connectivity index (χ1v) is 8.78. The monoisotopic (exact) mass is 366 g/mol. The molecule has 0 radical (unpaired) electrons. The van der Waals surface area contributed by atoms with E-state index in [2.05, 4.69) is 10.4 Å². The van der Waals surface area contributed by atoms with Crippen LogP contribution >= 0.6 is 0 Å². The first kappa shape index (κ1) is 18.8. The van der Waals surface area contributed by atoms with Crippen LogP contribution in [0.3, 0.4) is 0 Å². The summed E-state index contributed by atoms with van der Waals surface area (Å²) in [4.78, 5) is 14.4. The largest absolute Gasteiger partial charge is 0.350 e. The van der Waals surface area contributed by atoms with Gasteiger partial charge < -0.3 is 5.32 Å². The second kappa shape index (κ2) is 8.60. The molecule has 0 spiro atoms. The first-order chi connectivity index (χ1) is 13.0. The summed E-state index contributed by atoms with van der Waals surface area (Å²) >= 11 is 0. The van der Waals surface area contributed by atoms with E-state index in [0.717, 1.165) is 11.1 Å². The minimum absolute atomic E-state index is 0.179. The Balaban J connectivity index is 1.62. The van der Waals surface area contributed by atoms with E-state index in [1.807, 2.05) is 41.2 Å². The number of carbonyl (C=O) groups excluding carboxylic acids is 1. The smallest absolute Gasteiger partial charge is 0.242 e. The van der Waals surface area contributed by atoms with Gasteiger partial charge in [0.05, 0.1) is 12.7 Å². The zero-order chi connectivity index (χ0) is 19.2. The summed E-state index contributed by atoms with van der Waals surface area (Å²) < 4.78 is 15.4. The molecule has 140 valence electrons. The number of rotatable bonds is 7. The van der Waals surface area contributed by atoms with Crippen LogP contribution in [0.5, 0.6) is 0 Å². The summed E-state index contributed by atoms with van der Waals surface area (Å²) in [7, 11) is 3.60. The lowest BCUT2D eigenvalue weighted by Crippen LogP contribution is -2.36. The molecule has 3 aromatic rings. The van der Waals surface area contributed by atoms with Crippen LogP contribution in [-0.2, 0) is 17.9 Å². The van der Waals surface area contributed by atoms with Crippen molar-refractivity contribution in [3.63, 3.8) is 0 Å². The molecule has 6 heteroatoms. The topological polar surface area (TPSA) is 50.2 Å². The summed E-state index contributed by atoms with van der Waals surface area (Å²) in [6, 6.07) is 15.6. The van der Waals surface area contributed by atoms with Crippen LogP contribution in [0, 0.1) is 5.82 Å². The van der Waals surface area contributed by atoms with Crippen molar-refractivity contribution in [1.82, 2.24) is 20.0 Å². The van der Waals surface area contributed by atoms with Crippen molar-refractivity contribution in [1.29, 1.82) is 0 Å². The van der Waals surface area contributed by atoms with Gasteiger partial charge in [-0.1, -0.05) is 42.5 Å². The summed E-state index contributed by atoms with van der Waals surface area (Å²) in [6.45, 7) is 1.05. The van der Waals surface area contributed by atoms with Crippen LogP contribution in [0.4, 0.5) is 4.39 Å². The second-order valence-electron chi connectivity index (χ2n) is 6.67. The number of hydrogen-bond acceptors (Lipinski definition) is 3. The zero-order valence-corrected chi connectivity index (χ0v) is 15.5. The number of likely N-dealkylation sites (N-methyl/N-ethyl adjacent to an activating group) is 1. The summed E-state index contributed by atoms with van der Waals surface area (Å²) in [5.74, 6) is -0.532. The third kappa shape index (κ3) is 5.01. The molecule has 1 aromatic heterocycles. The highest BCUT2D eigenvalue weighted by Crippen LogP contribution is 2.19. The number of nitrogens with zero attached hydrogens (tertiary/aromatic N) is 3. The van der Waals surface area contributed by atoms with E-state index >= 15 is 0 Å². The van der Waals surface area contributed by atoms with E-state index in [-0.39, 0.29) is 11.7 Å². The number of carbonyl (C=O) groups is 1. The average molecular weight is 366 g/mol. The van der Waals surface area contributed by atoms with Gasteiger partial charge in [0, 0.05) is 18.3 Å². The Hall–Kier alpha value is -2.99. The van der Waals surface area contributed by atoms with Crippen molar-refractivity contribution in [3.8, 4) is 0 Å². The minimum Gasteiger partial charge on any atom is -0.350 e. The molecule has 0 aliphatic heterocycles. The van der Waals surface area contributed by atoms with Crippen LogP contribution < -0.4 is 5.32 Å². The predicted octanol–water partition coefficient (Wildman–Crippen LogP) is 2.99. The molecule has 1 amide bonds. The third-order valence-electron chi connectivity index (χ3n) is 4.27. The van der Waals surface area contributed by atoms with E-state index in [0.29, 0.717) is 18.7 Å². The normalized spacial score (nSPS) is 12.1. The van der Waals surface area contributed by atoms with Gasteiger partial charge in [-0.25, -0.2) is 4.39 Å². The molecule has 0 aliphatic carbocycles. The summed E-state index contributed by atoms with van der Waals surface area (Å²) in [5.41, 5.74) is 2.70. The Kier molecular flexibility index (Phi) is 5.98. The number of halogens is 1. The maximum absolute atomic E-state index is 13.5. The zero-order valence-electron chi connectivity index (χ0n) is 15.5. The van der Waals surface area contributed by atoms with Gasteiger partial charge in [0.1, 0.15) is 11.9 Å². The third-order valence-corrected chi connectivity index (χ3v) is 4.27. The van der Waals surface area contributed by atoms with Crippen molar-refractivity contribution >= 4 is 5.91 Å². The Morgan fingerprint density at radius 1 is 1.15 bits per heavy atom. The molecule has 3 rings (SSSR count). The molecule has 5 nitrogen and oxygen atoms in total. The lowest BCUT2D eigenvalue weighted by atomic mass is 10.1. The predicted molar refractivity (Wildman–Crippen MR) is 102 cm³/mol. The quantitative estimate of drug-likeness (QED) is 0.699. The highest BCUT2D eigenvalue weighted by Gasteiger charge is 2.23. The molecular formula is C21H23FN4O. The molecule has 2 aromatic carbocycles.